The molecule has 0 aliphatic carbocycles. The standard InChI is InChI=1S/C6H14NOS/c1-2-7(3-5-8)4-6-9/h8H,2-6H2,1H3. The summed E-state index contributed by atoms with van der Waals surface area (Å²) in [4.78, 5) is 2.13. The van der Waals surface area contributed by atoms with Gasteiger partial charge in [-0.1, -0.05) is 19.6 Å². The monoisotopic (exact) mass is 148 g/mol. The molecule has 0 fully saturated rings. The lowest BCUT2D eigenvalue weighted by molar-refractivity contribution is 0.209. The van der Waals surface area contributed by atoms with Crippen LogP contribution in [0.15, 0.2) is 0 Å². The van der Waals surface area contributed by atoms with Crippen molar-refractivity contribution in [2.45, 2.75) is 6.92 Å². The third kappa shape index (κ3) is 4.75. The highest BCUT2D eigenvalue weighted by Gasteiger charge is 1.97. The van der Waals surface area contributed by atoms with E-state index in [1.54, 1.807) is 0 Å². The Hall–Kier alpha value is 0.270. The SMILES string of the molecule is CCN(CCO)CC[S]. The zero-order valence-electron chi connectivity index (χ0n) is 5.84. The first-order chi connectivity index (χ1) is 4.35. The Labute approximate surface area is 62.3 Å². The van der Waals surface area contributed by atoms with Crippen molar-refractivity contribution < 1.29 is 5.11 Å². The molecule has 9 heavy (non-hydrogen) atoms. The topological polar surface area (TPSA) is 23.5 Å². The van der Waals surface area contributed by atoms with Crippen LogP contribution in [-0.2, 0) is 0 Å². The van der Waals surface area contributed by atoms with Gasteiger partial charge in [0.15, 0.2) is 0 Å². The van der Waals surface area contributed by atoms with Gasteiger partial charge in [-0.2, -0.15) is 0 Å². The Morgan fingerprint density at radius 2 is 2.11 bits per heavy atom. The van der Waals surface area contributed by atoms with Crippen LogP contribution in [0.1, 0.15) is 6.92 Å². The molecule has 0 saturated carbocycles. The van der Waals surface area contributed by atoms with Gasteiger partial charge in [0.05, 0.1) is 6.61 Å². The van der Waals surface area contributed by atoms with Crippen molar-refractivity contribution in [3.63, 3.8) is 0 Å². The molecule has 0 heterocycles. The van der Waals surface area contributed by atoms with E-state index in [-0.39, 0.29) is 6.61 Å². The number of nitrogens with zero attached hydrogens (tertiary/aromatic N) is 1. The Kier molecular flexibility index (Phi) is 6.58. The molecule has 3 heteroatoms. The van der Waals surface area contributed by atoms with Gasteiger partial charge in [0.25, 0.3) is 0 Å². The van der Waals surface area contributed by atoms with E-state index in [1.165, 1.54) is 0 Å². The van der Waals surface area contributed by atoms with Gasteiger partial charge in [0, 0.05) is 18.8 Å². The lowest BCUT2D eigenvalue weighted by Gasteiger charge is -2.16. The molecule has 0 atom stereocenters. The van der Waals surface area contributed by atoms with Crippen LogP contribution in [0.5, 0.6) is 0 Å². The number of aliphatic hydroxyl groups is 1. The van der Waals surface area contributed by atoms with E-state index < -0.39 is 0 Å². The minimum absolute atomic E-state index is 0.239. The molecular weight excluding hydrogens is 134 g/mol. The summed E-state index contributed by atoms with van der Waals surface area (Å²) >= 11 is 4.79. The van der Waals surface area contributed by atoms with Crippen LogP contribution in [0.3, 0.4) is 0 Å². The van der Waals surface area contributed by atoms with E-state index in [4.69, 9.17) is 17.7 Å². The van der Waals surface area contributed by atoms with Crippen molar-refractivity contribution >= 4 is 12.6 Å². The number of hydrogen-bond acceptors (Lipinski definition) is 2. The normalized spacial score (nSPS) is 10.7. The van der Waals surface area contributed by atoms with Gasteiger partial charge in [-0.25, -0.2) is 0 Å². The van der Waals surface area contributed by atoms with Crippen LogP contribution in [0, 0.1) is 0 Å². The molecule has 0 aliphatic rings. The average Bonchev–Trinajstić information content (AvgIpc) is 1.88. The molecule has 0 aliphatic heterocycles. The molecule has 2 nitrogen and oxygen atoms in total. The minimum atomic E-state index is 0.239. The molecule has 0 rings (SSSR count). The second-order valence-electron chi connectivity index (χ2n) is 1.86. The first-order valence-corrected chi connectivity index (χ1v) is 3.84. The van der Waals surface area contributed by atoms with Crippen LogP contribution < -0.4 is 0 Å². The molecule has 0 aromatic carbocycles. The molecule has 0 bridgehead atoms. The van der Waals surface area contributed by atoms with Crippen molar-refractivity contribution in [2.24, 2.45) is 0 Å². The van der Waals surface area contributed by atoms with Crippen molar-refractivity contribution in [3.8, 4) is 0 Å². The number of likely N-dealkylation sites (N-methyl/N-ethyl adjacent to an activating group) is 1. The fraction of sp³-hybridized carbons (Fsp3) is 1.00. The zero-order valence-corrected chi connectivity index (χ0v) is 6.65. The number of hydrogen-bond donors (Lipinski definition) is 1. The average molecular weight is 148 g/mol. The fourth-order valence-corrected chi connectivity index (χ4v) is 0.957. The van der Waals surface area contributed by atoms with Gasteiger partial charge in [0.1, 0.15) is 0 Å². The fourth-order valence-electron chi connectivity index (χ4n) is 0.699. The minimum Gasteiger partial charge on any atom is -0.395 e. The molecule has 0 saturated heterocycles. The molecule has 0 spiro atoms. The van der Waals surface area contributed by atoms with Gasteiger partial charge in [-0.15, -0.1) is 0 Å². The van der Waals surface area contributed by atoms with E-state index >= 15 is 0 Å². The van der Waals surface area contributed by atoms with Crippen LogP contribution in [0.25, 0.3) is 0 Å². The summed E-state index contributed by atoms with van der Waals surface area (Å²) < 4.78 is 0. The maximum absolute atomic E-state index is 8.52. The molecule has 1 N–H and O–H groups in total. The molecule has 0 aromatic rings. The van der Waals surface area contributed by atoms with Crippen LogP contribution in [0.4, 0.5) is 0 Å². The van der Waals surface area contributed by atoms with Gasteiger partial charge >= 0.3 is 0 Å². The van der Waals surface area contributed by atoms with E-state index in [9.17, 15) is 0 Å². The second kappa shape index (κ2) is 6.39. The lowest BCUT2D eigenvalue weighted by atomic mass is 10.5. The highest BCUT2D eigenvalue weighted by atomic mass is 32.1. The van der Waals surface area contributed by atoms with Gasteiger partial charge < -0.3 is 10.0 Å². The van der Waals surface area contributed by atoms with Crippen molar-refractivity contribution in [3.05, 3.63) is 0 Å². The third-order valence-corrected chi connectivity index (χ3v) is 1.45. The van der Waals surface area contributed by atoms with Crippen molar-refractivity contribution in [2.75, 3.05) is 32.0 Å². The maximum atomic E-state index is 8.52. The summed E-state index contributed by atoms with van der Waals surface area (Å²) in [6, 6.07) is 0. The van der Waals surface area contributed by atoms with E-state index in [0.29, 0.717) is 0 Å². The smallest absolute Gasteiger partial charge is 0.0558 e. The third-order valence-electron chi connectivity index (χ3n) is 1.27. The van der Waals surface area contributed by atoms with Crippen molar-refractivity contribution in [1.29, 1.82) is 0 Å². The highest BCUT2D eigenvalue weighted by molar-refractivity contribution is 7.80. The molecule has 1 radical (unpaired) electrons. The van der Waals surface area contributed by atoms with E-state index in [0.717, 1.165) is 25.4 Å². The molecule has 0 aromatic heterocycles. The molecule has 0 amide bonds. The molecule has 0 unspecified atom stereocenters. The predicted molar refractivity (Wildman–Crippen MR) is 41.7 cm³/mol. The Morgan fingerprint density at radius 1 is 1.44 bits per heavy atom. The first kappa shape index (κ1) is 9.27. The molecule has 55 valence electrons. The summed E-state index contributed by atoms with van der Waals surface area (Å²) in [5.41, 5.74) is 0. The largest absolute Gasteiger partial charge is 0.395 e. The predicted octanol–water partition coefficient (Wildman–Crippen LogP) is 0.498. The lowest BCUT2D eigenvalue weighted by Crippen LogP contribution is -2.28. The summed E-state index contributed by atoms with van der Waals surface area (Å²) in [6.07, 6.45) is 0. The van der Waals surface area contributed by atoms with Gasteiger partial charge in [0.2, 0.25) is 0 Å². The summed E-state index contributed by atoms with van der Waals surface area (Å²) in [7, 11) is 0. The Morgan fingerprint density at radius 3 is 2.44 bits per heavy atom. The quantitative estimate of drug-likeness (QED) is 0.613. The Balaban J connectivity index is 3.18. The van der Waals surface area contributed by atoms with E-state index in [2.05, 4.69) is 11.8 Å². The van der Waals surface area contributed by atoms with Crippen molar-refractivity contribution in [1.82, 2.24) is 4.90 Å². The second-order valence-corrected chi connectivity index (χ2v) is 2.27. The summed E-state index contributed by atoms with van der Waals surface area (Å²) in [5, 5.41) is 8.52. The van der Waals surface area contributed by atoms with Crippen LogP contribution in [-0.4, -0.2) is 42.0 Å². The van der Waals surface area contributed by atoms with Crippen LogP contribution >= 0.6 is 12.6 Å². The number of aliphatic hydroxyl groups excluding tert-OH is 1. The summed E-state index contributed by atoms with van der Waals surface area (Å²) in [6.45, 7) is 4.97. The summed E-state index contributed by atoms with van der Waals surface area (Å²) in [5.74, 6) is 0.758. The van der Waals surface area contributed by atoms with Gasteiger partial charge in [-0.3, -0.25) is 0 Å². The number of rotatable bonds is 5. The Bertz CT molecular complexity index is 55.0. The zero-order chi connectivity index (χ0) is 7.11. The van der Waals surface area contributed by atoms with Gasteiger partial charge in [-0.05, 0) is 6.54 Å². The van der Waals surface area contributed by atoms with Crippen LogP contribution in [0.2, 0.25) is 0 Å². The molecular formula is C6H14NOS. The van der Waals surface area contributed by atoms with E-state index in [1.807, 2.05) is 0 Å². The highest BCUT2D eigenvalue weighted by Crippen LogP contribution is 1.86. The first-order valence-electron chi connectivity index (χ1n) is 3.26. The maximum Gasteiger partial charge on any atom is 0.0558 e.